The molecule has 5 heteroatoms. The van der Waals surface area contributed by atoms with E-state index in [1.165, 1.54) is 0 Å². The zero-order valence-electron chi connectivity index (χ0n) is 12.5. The molecule has 1 unspecified atom stereocenters. The van der Waals surface area contributed by atoms with Gasteiger partial charge in [0.25, 0.3) is 0 Å². The SMILES string of the molecule is CC(C)C1CCCN1S(=O)(=O)c1cccc(C#CCN)c1. The molecule has 1 aromatic carbocycles. The van der Waals surface area contributed by atoms with Crippen LogP contribution in [0.1, 0.15) is 32.3 Å². The molecule has 1 aromatic rings. The van der Waals surface area contributed by atoms with Crippen LogP contribution in [0, 0.1) is 17.8 Å². The fourth-order valence-corrected chi connectivity index (χ4v) is 4.63. The maximum absolute atomic E-state index is 12.8. The molecule has 0 amide bonds. The first-order chi connectivity index (χ1) is 9.96. The van der Waals surface area contributed by atoms with E-state index in [4.69, 9.17) is 5.73 Å². The van der Waals surface area contributed by atoms with Gasteiger partial charge in [-0.2, -0.15) is 4.31 Å². The Balaban J connectivity index is 2.35. The van der Waals surface area contributed by atoms with E-state index in [1.807, 2.05) is 0 Å². The van der Waals surface area contributed by atoms with Crippen molar-refractivity contribution in [1.82, 2.24) is 4.31 Å². The number of nitrogens with two attached hydrogens (primary N) is 1. The van der Waals surface area contributed by atoms with Gasteiger partial charge >= 0.3 is 0 Å². The Morgan fingerprint density at radius 2 is 2.19 bits per heavy atom. The summed E-state index contributed by atoms with van der Waals surface area (Å²) in [6.07, 6.45) is 1.86. The molecule has 2 N–H and O–H groups in total. The number of rotatable bonds is 3. The Kier molecular flexibility index (Phi) is 5.04. The first-order valence-electron chi connectivity index (χ1n) is 7.27. The molecule has 0 spiro atoms. The van der Waals surface area contributed by atoms with Crippen LogP contribution >= 0.6 is 0 Å². The summed E-state index contributed by atoms with van der Waals surface area (Å²) in [5.74, 6) is 5.95. The first kappa shape index (κ1) is 16.0. The van der Waals surface area contributed by atoms with Crippen LogP contribution in [0.15, 0.2) is 29.2 Å². The lowest BCUT2D eigenvalue weighted by atomic mass is 10.0. The minimum atomic E-state index is -3.45. The third-order valence-corrected chi connectivity index (χ3v) is 5.71. The van der Waals surface area contributed by atoms with Crippen molar-refractivity contribution in [2.45, 2.75) is 37.6 Å². The summed E-state index contributed by atoms with van der Waals surface area (Å²) in [6.45, 7) is 5.01. The van der Waals surface area contributed by atoms with Gasteiger partial charge in [0.2, 0.25) is 10.0 Å². The van der Waals surface area contributed by atoms with Crippen molar-refractivity contribution in [3.8, 4) is 11.8 Å². The topological polar surface area (TPSA) is 63.4 Å². The van der Waals surface area contributed by atoms with Crippen LogP contribution in [0.2, 0.25) is 0 Å². The van der Waals surface area contributed by atoms with E-state index in [2.05, 4.69) is 25.7 Å². The molecule has 1 fully saturated rings. The van der Waals surface area contributed by atoms with Crippen LogP contribution in [0.3, 0.4) is 0 Å². The average Bonchev–Trinajstić information content (AvgIpc) is 2.96. The van der Waals surface area contributed by atoms with E-state index < -0.39 is 10.0 Å². The molecule has 1 heterocycles. The number of hydrogen-bond acceptors (Lipinski definition) is 3. The molecule has 1 aliphatic heterocycles. The standard InChI is InChI=1S/C16H22N2O2S/c1-13(2)16-9-5-11-18(16)21(19,20)15-8-3-6-14(12-15)7-4-10-17/h3,6,8,12-13,16H,5,9-11,17H2,1-2H3. The Bertz CT molecular complexity index is 656. The number of sulfonamides is 1. The molecule has 0 saturated carbocycles. The van der Waals surface area contributed by atoms with Gasteiger partial charge in [-0.1, -0.05) is 31.8 Å². The Labute approximate surface area is 127 Å². The summed E-state index contributed by atoms with van der Waals surface area (Å²) in [5.41, 5.74) is 6.03. The highest BCUT2D eigenvalue weighted by Gasteiger charge is 2.36. The van der Waals surface area contributed by atoms with E-state index in [0.717, 1.165) is 12.8 Å². The fraction of sp³-hybridized carbons (Fsp3) is 0.500. The molecule has 21 heavy (non-hydrogen) atoms. The van der Waals surface area contributed by atoms with Crippen LogP contribution in [0.5, 0.6) is 0 Å². The van der Waals surface area contributed by atoms with Gasteiger partial charge in [-0.3, -0.25) is 0 Å². The predicted molar refractivity (Wildman–Crippen MR) is 84.1 cm³/mol. The van der Waals surface area contributed by atoms with Gasteiger partial charge in [-0.15, -0.1) is 0 Å². The summed E-state index contributed by atoms with van der Waals surface area (Å²) >= 11 is 0. The molecule has 4 nitrogen and oxygen atoms in total. The van der Waals surface area contributed by atoms with E-state index in [1.54, 1.807) is 28.6 Å². The second kappa shape index (κ2) is 6.61. The maximum atomic E-state index is 12.8. The molecule has 1 atom stereocenters. The molecular formula is C16H22N2O2S. The Hall–Kier alpha value is -1.35. The molecule has 0 aliphatic carbocycles. The third-order valence-electron chi connectivity index (χ3n) is 3.79. The van der Waals surface area contributed by atoms with Crippen molar-refractivity contribution in [2.24, 2.45) is 11.7 Å². The molecule has 1 saturated heterocycles. The largest absolute Gasteiger partial charge is 0.320 e. The van der Waals surface area contributed by atoms with E-state index >= 15 is 0 Å². The molecule has 1 aliphatic rings. The highest BCUT2D eigenvalue weighted by molar-refractivity contribution is 7.89. The highest BCUT2D eigenvalue weighted by Crippen LogP contribution is 2.30. The molecule has 114 valence electrons. The van der Waals surface area contributed by atoms with Gasteiger partial charge in [0, 0.05) is 18.2 Å². The summed E-state index contributed by atoms with van der Waals surface area (Å²) in [7, 11) is -3.45. The first-order valence-corrected chi connectivity index (χ1v) is 8.71. The van der Waals surface area contributed by atoms with Crippen molar-refractivity contribution in [3.63, 3.8) is 0 Å². The maximum Gasteiger partial charge on any atom is 0.243 e. The van der Waals surface area contributed by atoms with Crippen molar-refractivity contribution in [3.05, 3.63) is 29.8 Å². The lowest BCUT2D eigenvalue weighted by Gasteiger charge is -2.26. The van der Waals surface area contributed by atoms with Crippen molar-refractivity contribution >= 4 is 10.0 Å². The van der Waals surface area contributed by atoms with Crippen LogP contribution in [0.4, 0.5) is 0 Å². The molecule has 2 rings (SSSR count). The quantitative estimate of drug-likeness (QED) is 0.866. The third kappa shape index (κ3) is 3.46. The Morgan fingerprint density at radius 1 is 1.43 bits per heavy atom. The number of benzene rings is 1. The van der Waals surface area contributed by atoms with Crippen molar-refractivity contribution in [1.29, 1.82) is 0 Å². The number of nitrogens with zero attached hydrogens (tertiary/aromatic N) is 1. The summed E-state index contributed by atoms with van der Waals surface area (Å²) in [6, 6.07) is 6.89. The lowest BCUT2D eigenvalue weighted by Crippen LogP contribution is -2.38. The van der Waals surface area contributed by atoms with Crippen molar-refractivity contribution in [2.75, 3.05) is 13.1 Å². The highest BCUT2D eigenvalue weighted by atomic mass is 32.2. The van der Waals surface area contributed by atoms with Gasteiger partial charge in [0.1, 0.15) is 0 Å². The lowest BCUT2D eigenvalue weighted by molar-refractivity contribution is 0.316. The monoisotopic (exact) mass is 306 g/mol. The molecule has 0 aromatic heterocycles. The van der Waals surface area contributed by atoms with Gasteiger partial charge in [0.15, 0.2) is 0 Å². The molecular weight excluding hydrogens is 284 g/mol. The predicted octanol–water partition coefficient (Wildman–Crippen LogP) is 1.81. The summed E-state index contributed by atoms with van der Waals surface area (Å²) in [4.78, 5) is 0.318. The minimum absolute atomic E-state index is 0.0915. The zero-order valence-corrected chi connectivity index (χ0v) is 13.4. The van der Waals surface area contributed by atoms with E-state index in [9.17, 15) is 8.42 Å². The molecule has 0 radical (unpaired) electrons. The minimum Gasteiger partial charge on any atom is -0.320 e. The van der Waals surface area contributed by atoms with Gasteiger partial charge in [-0.05, 0) is 37.0 Å². The van der Waals surface area contributed by atoms with Crippen LogP contribution < -0.4 is 5.73 Å². The normalized spacial score (nSPS) is 19.5. The smallest absolute Gasteiger partial charge is 0.243 e. The summed E-state index contributed by atoms with van der Waals surface area (Å²) < 4.78 is 27.3. The number of hydrogen-bond donors (Lipinski definition) is 1. The van der Waals surface area contributed by atoms with E-state index in [-0.39, 0.29) is 12.6 Å². The van der Waals surface area contributed by atoms with Crippen LogP contribution in [-0.2, 0) is 10.0 Å². The van der Waals surface area contributed by atoms with Gasteiger partial charge in [-0.25, -0.2) is 8.42 Å². The summed E-state index contributed by atoms with van der Waals surface area (Å²) in [5, 5.41) is 0. The van der Waals surface area contributed by atoms with Gasteiger partial charge in [0.05, 0.1) is 11.4 Å². The molecule has 0 bridgehead atoms. The Morgan fingerprint density at radius 3 is 2.86 bits per heavy atom. The second-order valence-electron chi connectivity index (χ2n) is 5.60. The average molecular weight is 306 g/mol. The second-order valence-corrected chi connectivity index (χ2v) is 7.49. The fourth-order valence-electron chi connectivity index (χ4n) is 2.75. The van der Waals surface area contributed by atoms with Crippen molar-refractivity contribution < 1.29 is 8.42 Å². The van der Waals surface area contributed by atoms with Crippen LogP contribution in [-0.4, -0.2) is 31.9 Å². The van der Waals surface area contributed by atoms with Crippen LogP contribution in [0.25, 0.3) is 0 Å². The zero-order chi connectivity index (χ0) is 15.5. The van der Waals surface area contributed by atoms with Gasteiger partial charge < -0.3 is 5.73 Å². The van der Waals surface area contributed by atoms with E-state index in [0.29, 0.717) is 22.9 Å².